The van der Waals surface area contributed by atoms with Crippen LogP contribution >= 0.6 is 0 Å². The molecule has 0 saturated carbocycles. The fourth-order valence-electron chi connectivity index (χ4n) is 1.68. The van der Waals surface area contributed by atoms with Crippen molar-refractivity contribution >= 4 is 5.97 Å². The Labute approximate surface area is 115 Å². The van der Waals surface area contributed by atoms with Gasteiger partial charge in [-0.15, -0.1) is 0 Å². The van der Waals surface area contributed by atoms with Crippen LogP contribution in [-0.4, -0.2) is 22.9 Å². The molecule has 0 bridgehead atoms. The lowest BCUT2D eigenvalue weighted by molar-refractivity contribution is 0.0595. The zero-order valence-electron chi connectivity index (χ0n) is 11.3. The third kappa shape index (κ3) is 3.14. The molecule has 0 atom stereocenters. The van der Waals surface area contributed by atoms with Crippen LogP contribution in [-0.2, 0) is 17.9 Å². The van der Waals surface area contributed by atoms with E-state index in [9.17, 15) is 9.18 Å². The molecule has 1 aromatic heterocycles. The lowest BCUT2D eigenvalue weighted by atomic mass is 10.1. The van der Waals surface area contributed by atoms with Crippen molar-refractivity contribution in [3.63, 3.8) is 0 Å². The molecule has 0 amide bonds. The first kappa shape index (κ1) is 14.0. The average molecular weight is 278 g/mol. The van der Waals surface area contributed by atoms with Gasteiger partial charge >= 0.3 is 5.97 Å². The Morgan fingerprint density at radius 3 is 2.85 bits per heavy atom. The van der Waals surface area contributed by atoms with E-state index in [1.807, 2.05) is 6.92 Å². The first-order chi connectivity index (χ1) is 9.63. The molecular weight excluding hydrogens is 263 g/mol. The fourth-order valence-corrected chi connectivity index (χ4v) is 1.68. The highest BCUT2D eigenvalue weighted by molar-refractivity contribution is 5.89. The number of aromatic nitrogens is 2. The number of esters is 1. The summed E-state index contributed by atoms with van der Waals surface area (Å²) in [4.78, 5) is 11.3. The topological polar surface area (TPSA) is 53.4 Å². The second kappa shape index (κ2) is 6.18. The van der Waals surface area contributed by atoms with Crippen molar-refractivity contribution in [2.24, 2.45) is 0 Å². The van der Waals surface area contributed by atoms with E-state index in [0.29, 0.717) is 11.3 Å². The summed E-state index contributed by atoms with van der Waals surface area (Å²) in [6.07, 6.45) is 3.36. The van der Waals surface area contributed by atoms with Crippen LogP contribution in [0.25, 0.3) is 0 Å². The monoisotopic (exact) mass is 278 g/mol. The molecule has 5 nitrogen and oxygen atoms in total. The van der Waals surface area contributed by atoms with E-state index >= 15 is 0 Å². The first-order valence-electron chi connectivity index (χ1n) is 6.16. The Bertz CT molecular complexity index is 610. The second-order valence-electron chi connectivity index (χ2n) is 4.13. The van der Waals surface area contributed by atoms with Crippen molar-refractivity contribution in [2.75, 3.05) is 7.11 Å². The van der Waals surface area contributed by atoms with Crippen LogP contribution in [0.5, 0.6) is 5.75 Å². The van der Waals surface area contributed by atoms with Gasteiger partial charge in [0.25, 0.3) is 0 Å². The number of methoxy groups -OCH3 is 1. The molecule has 0 saturated heterocycles. The normalized spacial score (nSPS) is 10.3. The fraction of sp³-hybridized carbons (Fsp3) is 0.286. The summed E-state index contributed by atoms with van der Waals surface area (Å²) in [5.74, 6) is -0.703. The maximum absolute atomic E-state index is 13.7. The average Bonchev–Trinajstić information content (AvgIpc) is 2.92. The lowest BCUT2D eigenvalue weighted by Crippen LogP contribution is -2.05. The highest BCUT2D eigenvalue weighted by Gasteiger charge is 2.12. The minimum absolute atomic E-state index is 0.0879. The Kier molecular flexibility index (Phi) is 4.34. The number of hydrogen-bond acceptors (Lipinski definition) is 4. The minimum atomic E-state index is -0.695. The summed E-state index contributed by atoms with van der Waals surface area (Å²) in [5, 5.41) is 4.07. The number of ether oxygens (including phenoxy) is 2. The van der Waals surface area contributed by atoms with Crippen LogP contribution in [0, 0.1) is 5.82 Å². The van der Waals surface area contributed by atoms with E-state index in [4.69, 9.17) is 4.74 Å². The van der Waals surface area contributed by atoms with E-state index in [0.717, 1.165) is 6.54 Å². The van der Waals surface area contributed by atoms with Gasteiger partial charge in [-0.05, 0) is 24.6 Å². The number of carbonyl (C=O) groups is 1. The molecule has 2 rings (SSSR count). The van der Waals surface area contributed by atoms with Gasteiger partial charge < -0.3 is 9.47 Å². The third-order valence-electron chi connectivity index (χ3n) is 2.78. The molecule has 1 aromatic carbocycles. The van der Waals surface area contributed by atoms with Gasteiger partial charge in [0.05, 0.1) is 25.1 Å². The largest absolute Gasteiger partial charge is 0.486 e. The Morgan fingerprint density at radius 2 is 2.25 bits per heavy atom. The van der Waals surface area contributed by atoms with Gasteiger partial charge in [0, 0.05) is 6.54 Å². The van der Waals surface area contributed by atoms with Crippen molar-refractivity contribution in [3.05, 3.63) is 47.5 Å². The standard InChI is InChI=1S/C14H15FN2O3/c1-3-17-8-11(7-16-17)20-9-10-4-5-12(13(15)6-10)14(18)19-2/h4-8H,3,9H2,1-2H3. The van der Waals surface area contributed by atoms with Crippen LogP contribution in [0.3, 0.4) is 0 Å². The Balaban J connectivity index is 2.03. The Hall–Kier alpha value is -2.37. The van der Waals surface area contributed by atoms with E-state index < -0.39 is 11.8 Å². The van der Waals surface area contributed by atoms with Gasteiger partial charge in [-0.2, -0.15) is 5.10 Å². The number of nitrogens with zero attached hydrogens (tertiary/aromatic N) is 2. The molecule has 0 aliphatic carbocycles. The predicted molar refractivity (Wildman–Crippen MR) is 70.0 cm³/mol. The van der Waals surface area contributed by atoms with E-state index in [1.165, 1.54) is 19.2 Å². The molecule has 0 spiro atoms. The maximum Gasteiger partial charge on any atom is 0.340 e. The molecule has 0 radical (unpaired) electrons. The third-order valence-corrected chi connectivity index (χ3v) is 2.78. The number of benzene rings is 1. The molecule has 0 aliphatic rings. The number of halogens is 1. The quantitative estimate of drug-likeness (QED) is 0.788. The van der Waals surface area contributed by atoms with Crippen LogP contribution in [0.15, 0.2) is 30.6 Å². The van der Waals surface area contributed by atoms with Crippen LogP contribution in [0.2, 0.25) is 0 Å². The van der Waals surface area contributed by atoms with Gasteiger partial charge in [0.1, 0.15) is 12.4 Å². The summed E-state index contributed by atoms with van der Waals surface area (Å²) in [6, 6.07) is 4.27. The van der Waals surface area contributed by atoms with E-state index in [-0.39, 0.29) is 12.2 Å². The SMILES string of the molecule is CCn1cc(OCc2ccc(C(=O)OC)c(F)c2)cn1. The van der Waals surface area contributed by atoms with E-state index in [1.54, 1.807) is 23.1 Å². The van der Waals surface area contributed by atoms with E-state index in [2.05, 4.69) is 9.84 Å². The van der Waals surface area contributed by atoms with Crippen LogP contribution in [0.4, 0.5) is 4.39 Å². The van der Waals surface area contributed by atoms with Gasteiger partial charge in [-0.3, -0.25) is 4.68 Å². The molecule has 6 heteroatoms. The molecule has 106 valence electrons. The smallest absolute Gasteiger partial charge is 0.340 e. The summed E-state index contributed by atoms with van der Waals surface area (Å²) >= 11 is 0. The second-order valence-corrected chi connectivity index (χ2v) is 4.13. The Morgan fingerprint density at radius 1 is 1.45 bits per heavy atom. The zero-order valence-corrected chi connectivity index (χ0v) is 11.3. The lowest BCUT2D eigenvalue weighted by Gasteiger charge is -2.06. The molecule has 20 heavy (non-hydrogen) atoms. The molecule has 1 heterocycles. The maximum atomic E-state index is 13.7. The van der Waals surface area contributed by atoms with Gasteiger partial charge in [-0.25, -0.2) is 9.18 Å². The van der Waals surface area contributed by atoms with Crippen molar-refractivity contribution in [1.29, 1.82) is 0 Å². The van der Waals surface area contributed by atoms with Gasteiger partial charge in [0.15, 0.2) is 5.75 Å². The van der Waals surface area contributed by atoms with Gasteiger partial charge in [0.2, 0.25) is 0 Å². The molecule has 0 N–H and O–H groups in total. The zero-order chi connectivity index (χ0) is 14.5. The van der Waals surface area contributed by atoms with Crippen molar-refractivity contribution in [3.8, 4) is 5.75 Å². The van der Waals surface area contributed by atoms with Crippen LogP contribution in [0.1, 0.15) is 22.8 Å². The number of carbonyl (C=O) groups excluding carboxylic acids is 1. The molecule has 0 aliphatic heterocycles. The molecule has 0 unspecified atom stereocenters. The summed E-state index contributed by atoms with van der Waals surface area (Å²) in [6.45, 7) is 2.93. The molecule has 0 fully saturated rings. The van der Waals surface area contributed by atoms with Crippen molar-refractivity contribution in [1.82, 2.24) is 9.78 Å². The highest BCUT2D eigenvalue weighted by atomic mass is 19.1. The highest BCUT2D eigenvalue weighted by Crippen LogP contribution is 2.15. The summed E-state index contributed by atoms with van der Waals surface area (Å²) in [7, 11) is 1.21. The number of rotatable bonds is 5. The summed E-state index contributed by atoms with van der Waals surface area (Å²) in [5.41, 5.74) is 0.537. The van der Waals surface area contributed by atoms with Crippen LogP contribution < -0.4 is 4.74 Å². The molecule has 2 aromatic rings. The first-order valence-corrected chi connectivity index (χ1v) is 6.16. The summed E-state index contributed by atoms with van der Waals surface area (Å²) < 4.78 is 25.4. The van der Waals surface area contributed by atoms with Gasteiger partial charge in [-0.1, -0.05) is 6.07 Å². The number of hydrogen-bond donors (Lipinski definition) is 0. The number of aryl methyl sites for hydroxylation is 1. The van der Waals surface area contributed by atoms with Crippen molar-refractivity contribution in [2.45, 2.75) is 20.1 Å². The minimum Gasteiger partial charge on any atom is -0.486 e. The van der Waals surface area contributed by atoms with Crippen molar-refractivity contribution < 1.29 is 18.7 Å². The predicted octanol–water partition coefficient (Wildman–Crippen LogP) is 2.41. The molecular formula is C14H15FN2O3.